The third-order valence-electron chi connectivity index (χ3n) is 2.99. The van der Waals surface area contributed by atoms with E-state index in [4.69, 9.17) is 10.2 Å². The van der Waals surface area contributed by atoms with Gasteiger partial charge >= 0.3 is 0 Å². The molecule has 1 fully saturated rings. The number of hydrogen-bond acceptors (Lipinski definition) is 3. The van der Waals surface area contributed by atoms with Crippen LogP contribution in [0.1, 0.15) is 31.6 Å². The lowest BCUT2D eigenvalue weighted by molar-refractivity contribution is 0.144. The molecular weight excluding hydrogens is 176 g/mol. The van der Waals surface area contributed by atoms with E-state index in [9.17, 15) is 0 Å². The van der Waals surface area contributed by atoms with Crippen molar-refractivity contribution in [1.29, 1.82) is 0 Å². The Balaban J connectivity index is 2.00. The molecule has 1 saturated heterocycles. The molecule has 3 heteroatoms. The van der Waals surface area contributed by atoms with Crippen molar-refractivity contribution in [1.82, 2.24) is 4.90 Å². The van der Waals surface area contributed by atoms with E-state index >= 15 is 0 Å². The lowest BCUT2D eigenvalue weighted by Crippen LogP contribution is -2.43. The smallest absolute Gasteiger partial charge is 0.120 e. The Morgan fingerprint density at radius 1 is 1.64 bits per heavy atom. The van der Waals surface area contributed by atoms with Crippen LogP contribution in [0.25, 0.3) is 0 Å². The summed E-state index contributed by atoms with van der Waals surface area (Å²) >= 11 is 0. The monoisotopic (exact) mass is 194 g/mol. The molecule has 2 N–H and O–H groups in total. The fourth-order valence-electron chi connectivity index (χ4n) is 2.10. The molecule has 0 bridgehead atoms. The SMILES string of the molecule is C[C@@H](c1ccco1)N1CCC[C@H](N)C1. The molecule has 0 amide bonds. The second-order valence-corrected chi connectivity index (χ2v) is 4.09. The first-order valence-corrected chi connectivity index (χ1v) is 5.30. The van der Waals surface area contributed by atoms with Crippen LogP contribution in [0.3, 0.4) is 0 Å². The van der Waals surface area contributed by atoms with Crippen LogP contribution < -0.4 is 5.73 Å². The van der Waals surface area contributed by atoms with Crippen molar-refractivity contribution in [2.75, 3.05) is 13.1 Å². The Hall–Kier alpha value is -0.800. The molecule has 14 heavy (non-hydrogen) atoms. The van der Waals surface area contributed by atoms with Gasteiger partial charge in [-0.3, -0.25) is 4.90 Å². The summed E-state index contributed by atoms with van der Waals surface area (Å²) in [6.45, 7) is 4.30. The molecule has 2 atom stereocenters. The van der Waals surface area contributed by atoms with E-state index in [1.807, 2.05) is 12.1 Å². The predicted octanol–water partition coefficient (Wildman–Crippen LogP) is 1.76. The van der Waals surface area contributed by atoms with Crippen LogP contribution in [0.15, 0.2) is 22.8 Å². The zero-order valence-corrected chi connectivity index (χ0v) is 8.65. The van der Waals surface area contributed by atoms with E-state index in [-0.39, 0.29) is 0 Å². The van der Waals surface area contributed by atoms with Gasteiger partial charge in [0.1, 0.15) is 5.76 Å². The normalized spacial score (nSPS) is 26.3. The number of nitrogens with zero attached hydrogens (tertiary/aromatic N) is 1. The molecule has 78 valence electrons. The number of likely N-dealkylation sites (tertiary alicyclic amines) is 1. The minimum Gasteiger partial charge on any atom is -0.468 e. The molecule has 0 radical (unpaired) electrons. The average molecular weight is 194 g/mol. The highest BCUT2D eigenvalue weighted by Crippen LogP contribution is 2.23. The van der Waals surface area contributed by atoms with Crippen molar-refractivity contribution < 1.29 is 4.42 Å². The fraction of sp³-hybridized carbons (Fsp3) is 0.636. The Kier molecular flexibility index (Phi) is 2.89. The Labute approximate surface area is 84.9 Å². The maximum atomic E-state index is 5.94. The van der Waals surface area contributed by atoms with Crippen LogP contribution in [0.5, 0.6) is 0 Å². The van der Waals surface area contributed by atoms with E-state index < -0.39 is 0 Å². The van der Waals surface area contributed by atoms with Crippen molar-refractivity contribution in [2.45, 2.75) is 31.8 Å². The summed E-state index contributed by atoms with van der Waals surface area (Å²) in [4.78, 5) is 2.40. The summed E-state index contributed by atoms with van der Waals surface area (Å²) in [5.41, 5.74) is 5.94. The molecule has 1 aliphatic rings. The first-order valence-electron chi connectivity index (χ1n) is 5.30. The van der Waals surface area contributed by atoms with Gasteiger partial charge in [-0.2, -0.15) is 0 Å². The fourth-order valence-corrected chi connectivity index (χ4v) is 2.10. The van der Waals surface area contributed by atoms with Crippen LogP contribution in [0.2, 0.25) is 0 Å². The Morgan fingerprint density at radius 3 is 3.14 bits per heavy atom. The summed E-state index contributed by atoms with van der Waals surface area (Å²) in [5.74, 6) is 1.04. The summed E-state index contributed by atoms with van der Waals surface area (Å²) in [7, 11) is 0. The molecule has 0 aromatic carbocycles. The van der Waals surface area contributed by atoms with Gasteiger partial charge in [0, 0.05) is 12.6 Å². The number of piperidine rings is 1. The Bertz CT molecular complexity index is 271. The highest BCUT2D eigenvalue weighted by Gasteiger charge is 2.23. The van der Waals surface area contributed by atoms with Crippen LogP contribution in [-0.4, -0.2) is 24.0 Å². The standard InChI is InChI=1S/C11H18N2O/c1-9(11-5-3-7-14-11)13-6-2-4-10(12)8-13/h3,5,7,9-10H,2,4,6,8,12H2,1H3/t9-,10-/m0/s1. The van der Waals surface area contributed by atoms with E-state index in [0.29, 0.717) is 12.1 Å². The lowest BCUT2D eigenvalue weighted by atomic mass is 10.0. The molecular formula is C11H18N2O. The maximum absolute atomic E-state index is 5.94. The topological polar surface area (TPSA) is 42.4 Å². The quantitative estimate of drug-likeness (QED) is 0.780. The van der Waals surface area contributed by atoms with Gasteiger partial charge in [-0.1, -0.05) is 0 Å². The molecule has 0 unspecified atom stereocenters. The van der Waals surface area contributed by atoms with E-state index in [0.717, 1.165) is 25.3 Å². The van der Waals surface area contributed by atoms with Gasteiger partial charge in [-0.25, -0.2) is 0 Å². The summed E-state index contributed by atoms with van der Waals surface area (Å²) in [6, 6.07) is 4.66. The number of rotatable bonds is 2. The van der Waals surface area contributed by atoms with Crippen molar-refractivity contribution in [3.63, 3.8) is 0 Å². The van der Waals surface area contributed by atoms with Crippen LogP contribution in [-0.2, 0) is 0 Å². The van der Waals surface area contributed by atoms with Gasteiger partial charge in [0.25, 0.3) is 0 Å². The van der Waals surface area contributed by atoms with E-state index in [1.165, 1.54) is 6.42 Å². The zero-order valence-electron chi connectivity index (χ0n) is 8.65. The average Bonchev–Trinajstić information content (AvgIpc) is 2.69. The van der Waals surface area contributed by atoms with E-state index in [2.05, 4.69) is 11.8 Å². The molecule has 2 rings (SSSR count). The molecule has 3 nitrogen and oxygen atoms in total. The molecule has 0 spiro atoms. The van der Waals surface area contributed by atoms with Crippen molar-refractivity contribution >= 4 is 0 Å². The molecule has 1 aromatic rings. The summed E-state index contributed by atoms with van der Waals surface area (Å²) < 4.78 is 5.40. The van der Waals surface area contributed by atoms with Crippen molar-refractivity contribution in [3.05, 3.63) is 24.2 Å². The molecule has 0 saturated carbocycles. The highest BCUT2D eigenvalue weighted by atomic mass is 16.3. The van der Waals surface area contributed by atoms with Gasteiger partial charge in [-0.15, -0.1) is 0 Å². The lowest BCUT2D eigenvalue weighted by Gasteiger charge is -2.34. The van der Waals surface area contributed by atoms with Gasteiger partial charge in [0.15, 0.2) is 0 Å². The molecule has 2 heterocycles. The molecule has 0 aliphatic carbocycles. The first kappa shape index (κ1) is 9.74. The number of nitrogens with two attached hydrogens (primary N) is 1. The second kappa shape index (κ2) is 4.15. The minimum absolute atomic E-state index is 0.334. The molecule has 1 aromatic heterocycles. The van der Waals surface area contributed by atoms with Gasteiger partial charge < -0.3 is 10.2 Å². The number of hydrogen-bond donors (Lipinski definition) is 1. The van der Waals surface area contributed by atoms with Crippen molar-refractivity contribution in [2.24, 2.45) is 5.73 Å². The first-order chi connectivity index (χ1) is 6.77. The summed E-state index contributed by atoms with van der Waals surface area (Å²) in [6.07, 6.45) is 4.09. The second-order valence-electron chi connectivity index (χ2n) is 4.09. The maximum Gasteiger partial charge on any atom is 0.120 e. The van der Waals surface area contributed by atoms with Crippen LogP contribution in [0, 0.1) is 0 Å². The predicted molar refractivity (Wildman–Crippen MR) is 55.9 cm³/mol. The minimum atomic E-state index is 0.334. The van der Waals surface area contributed by atoms with E-state index in [1.54, 1.807) is 6.26 Å². The van der Waals surface area contributed by atoms with Gasteiger partial charge in [0.05, 0.1) is 12.3 Å². The van der Waals surface area contributed by atoms with Gasteiger partial charge in [0.2, 0.25) is 0 Å². The Morgan fingerprint density at radius 2 is 2.50 bits per heavy atom. The van der Waals surface area contributed by atoms with Crippen LogP contribution in [0.4, 0.5) is 0 Å². The third kappa shape index (κ3) is 1.99. The number of furan rings is 1. The zero-order chi connectivity index (χ0) is 9.97. The van der Waals surface area contributed by atoms with Gasteiger partial charge in [-0.05, 0) is 38.4 Å². The van der Waals surface area contributed by atoms with Crippen molar-refractivity contribution in [3.8, 4) is 0 Å². The summed E-state index contributed by atoms with van der Waals surface area (Å²) in [5, 5.41) is 0. The largest absolute Gasteiger partial charge is 0.468 e. The molecule has 1 aliphatic heterocycles. The highest BCUT2D eigenvalue weighted by molar-refractivity contribution is 5.04. The third-order valence-corrected chi connectivity index (χ3v) is 2.99. The van der Waals surface area contributed by atoms with Crippen LogP contribution >= 0.6 is 0 Å².